The molecule has 2 heterocycles. The van der Waals surface area contributed by atoms with Crippen LogP contribution in [0.1, 0.15) is 32.9 Å². The quantitative estimate of drug-likeness (QED) is 0.678. The Morgan fingerprint density at radius 1 is 1.25 bits per heavy atom. The maximum atomic E-state index is 10.7. The van der Waals surface area contributed by atoms with E-state index in [2.05, 4.69) is 20.5 Å². The van der Waals surface area contributed by atoms with Crippen LogP contribution in [0.2, 0.25) is 0 Å². The van der Waals surface area contributed by atoms with Gasteiger partial charge in [0.1, 0.15) is 0 Å². The number of carbonyl (C=O) groups excluding carboxylic acids is 1. The van der Waals surface area contributed by atoms with Gasteiger partial charge in [-0.05, 0) is 39.0 Å². The van der Waals surface area contributed by atoms with E-state index in [-0.39, 0.29) is 4.88 Å². The minimum atomic E-state index is -1.18. The highest BCUT2D eigenvalue weighted by Crippen LogP contribution is 2.16. The molecule has 0 radical (unpaired) electrons. The maximum absolute atomic E-state index is 10.7. The largest absolute Gasteiger partial charge is 0.544 e. The van der Waals surface area contributed by atoms with Gasteiger partial charge >= 0.3 is 0 Å². The third kappa shape index (κ3) is 3.39. The molecule has 0 spiro atoms. The van der Waals surface area contributed by atoms with Crippen molar-refractivity contribution in [1.29, 1.82) is 0 Å². The average Bonchev–Trinajstić information content (AvgIpc) is 2.84. The van der Waals surface area contributed by atoms with Crippen molar-refractivity contribution in [3.63, 3.8) is 0 Å². The first-order valence-electron chi connectivity index (χ1n) is 5.90. The van der Waals surface area contributed by atoms with Crippen molar-refractivity contribution in [1.82, 2.24) is 9.97 Å². The molecule has 0 amide bonds. The Morgan fingerprint density at radius 3 is 2.40 bits per heavy atom. The van der Waals surface area contributed by atoms with Gasteiger partial charge in [0.2, 0.25) is 5.95 Å². The lowest BCUT2D eigenvalue weighted by Gasteiger charge is -2.03. The van der Waals surface area contributed by atoms with Crippen LogP contribution in [0, 0.1) is 13.8 Å². The smallest absolute Gasteiger partial charge is 0.243 e. The van der Waals surface area contributed by atoms with Gasteiger partial charge in [-0.3, -0.25) is 0 Å². The summed E-state index contributed by atoms with van der Waals surface area (Å²) in [6.45, 7) is 5.53. The molecule has 0 bridgehead atoms. The molecule has 2 aromatic heterocycles. The zero-order chi connectivity index (χ0) is 14.7. The molecule has 0 unspecified atom stereocenters. The van der Waals surface area contributed by atoms with E-state index in [0.29, 0.717) is 11.7 Å². The van der Waals surface area contributed by atoms with Crippen molar-refractivity contribution in [2.24, 2.45) is 5.10 Å². The minimum Gasteiger partial charge on any atom is -0.544 e. The second-order valence-electron chi connectivity index (χ2n) is 4.23. The Labute approximate surface area is 120 Å². The van der Waals surface area contributed by atoms with Crippen molar-refractivity contribution >= 4 is 29.0 Å². The fourth-order valence-corrected chi connectivity index (χ4v) is 2.39. The average molecular weight is 289 g/mol. The molecule has 1 N–H and O–H groups in total. The normalized spacial score (nSPS) is 11.4. The number of aromatic nitrogens is 2. The van der Waals surface area contributed by atoms with Crippen LogP contribution in [-0.2, 0) is 0 Å². The van der Waals surface area contributed by atoms with Gasteiger partial charge in [0.05, 0.1) is 21.4 Å². The van der Waals surface area contributed by atoms with E-state index in [1.807, 2.05) is 19.9 Å². The van der Waals surface area contributed by atoms with Crippen molar-refractivity contribution < 1.29 is 9.90 Å². The zero-order valence-electron chi connectivity index (χ0n) is 11.3. The van der Waals surface area contributed by atoms with E-state index in [9.17, 15) is 9.90 Å². The molecular weight excluding hydrogens is 276 g/mol. The number of rotatable bonds is 4. The number of carboxylic acids is 1. The van der Waals surface area contributed by atoms with Gasteiger partial charge < -0.3 is 9.90 Å². The molecule has 104 valence electrons. The van der Waals surface area contributed by atoms with Crippen LogP contribution in [-0.4, -0.2) is 21.6 Å². The van der Waals surface area contributed by atoms with E-state index in [4.69, 9.17) is 0 Å². The van der Waals surface area contributed by atoms with Gasteiger partial charge in [-0.15, -0.1) is 11.3 Å². The first-order chi connectivity index (χ1) is 9.45. The van der Waals surface area contributed by atoms with Crippen molar-refractivity contribution in [3.05, 3.63) is 39.3 Å². The lowest BCUT2D eigenvalue weighted by Crippen LogP contribution is -2.20. The molecular formula is C13H13N4O2S-. The SMILES string of the molecule is C/C(=N/Nc1nc(C)cc(C)n1)c1ccc(C(=O)[O-])s1. The molecule has 0 aliphatic rings. The first-order valence-corrected chi connectivity index (χ1v) is 6.71. The predicted molar refractivity (Wildman–Crippen MR) is 76.0 cm³/mol. The summed E-state index contributed by atoms with van der Waals surface area (Å²) in [6, 6.07) is 5.06. The number of aromatic carboxylic acids is 1. The summed E-state index contributed by atoms with van der Waals surface area (Å²) in [5.41, 5.74) is 5.13. The molecule has 0 aliphatic heterocycles. The second kappa shape index (κ2) is 5.79. The van der Waals surface area contributed by atoms with E-state index in [1.165, 1.54) is 6.07 Å². The summed E-state index contributed by atoms with van der Waals surface area (Å²) in [6.07, 6.45) is 0. The number of aryl methyl sites for hydroxylation is 2. The Hall–Kier alpha value is -2.28. The predicted octanol–water partition coefficient (Wildman–Crippen LogP) is 1.35. The number of hydrogen-bond donors (Lipinski definition) is 1. The van der Waals surface area contributed by atoms with E-state index in [0.717, 1.165) is 27.6 Å². The van der Waals surface area contributed by atoms with Crippen LogP contribution in [0.15, 0.2) is 23.3 Å². The Morgan fingerprint density at radius 2 is 1.85 bits per heavy atom. The van der Waals surface area contributed by atoms with Crippen molar-refractivity contribution in [2.45, 2.75) is 20.8 Å². The van der Waals surface area contributed by atoms with Gasteiger partial charge in [-0.2, -0.15) is 5.10 Å². The van der Waals surface area contributed by atoms with Crippen LogP contribution in [0.5, 0.6) is 0 Å². The van der Waals surface area contributed by atoms with Gasteiger partial charge in [0.15, 0.2) is 0 Å². The molecule has 2 rings (SSSR count). The third-order valence-corrected chi connectivity index (χ3v) is 3.64. The molecule has 0 fully saturated rings. The molecule has 0 saturated heterocycles. The molecule has 6 nitrogen and oxygen atoms in total. The second-order valence-corrected chi connectivity index (χ2v) is 5.32. The van der Waals surface area contributed by atoms with E-state index >= 15 is 0 Å². The van der Waals surface area contributed by atoms with Crippen LogP contribution >= 0.6 is 11.3 Å². The van der Waals surface area contributed by atoms with Crippen LogP contribution in [0.3, 0.4) is 0 Å². The van der Waals surface area contributed by atoms with Gasteiger partial charge in [0.25, 0.3) is 0 Å². The lowest BCUT2D eigenvalue weighted by molar-refractivity contribution is -0.254. The molecule has 0 aliphatic carbocycles. The third-order valence-electron chi connectivity index (χ3n) is 2.47. The number of nitrogens with one attached hydrogen (secondary N) is 1. The Kier molecular flexibility index (Phi) is 4.09. The summed E-state index contributed by atoms with van der Waals surface area (Å²) < 4.78 is 0. The highest BCUT2D eigenvalue weighted by molar-refractivity contribution is 7.15. The van der Waals surface area contributed by atoms with Gasteiger partial charge in [-0.25, -0.2) is 15.4 Å². The van der Waals surface area contributed by atoms with Crippen LogP contribution in [0.25, 0.3) is 0 Å². The van der Waals surface area contributed by atoms with Crippen LogP contribution < -0.4 is 10.5 Å². The van der Waals surface area contributed by atoms with Crippen LogP contribution in [0.4, 0.5) is 5.95 Å². The number of nitrogens with zero attached hydrogens (tertiary/aromatic N) is 3. The summed E-state index contributed by atoms with van der Waals surface area (Å²) in [4.78, 5) is 20.1. The number of thiophene rings is 1. The topological polar surface area (TPSA) is 90.3 Å². The number of hydrazone groups is 1. The lowest BCUT2D eigenvalue weighted by atomic mass is 10.3. The summed E-state index contributed by atoms with van der Waals surface area (Å²) >= 11 is 1.12. The fourth-order valence-electron chi connectivity index (χ4n) is 1.61. The van der Waals surface area contributed by atoms with Gasteiger partial charge in [-0.1, -0.05) is 0 Å². The number of carbonyl (C=O) groups is 1. The Balaban J connectivity index is 2.15. The number of anilines is 1. The molecule has 7 heteroatoms. The molecule has 0 aromatic carbocycles. The Bertz CT molecular complexity index is 659. The molecule has 0 saturated carbocycles. The number of hydrogen-bond acceptors (Lipinski definition) is 7. The first kappa shape index (κ1) is 14.1. The van der Waals surface area contributed by atoms with E-state index < -0.39 is 5.97 Å². The minimum absolute atomic E-state index is 0.178. The van der Waals surface area contributed by atoms with E-state index in [1.54, 1.807) is 13.0 Å². The number of carboxylic acid groups (broad SMARTS) is 1. The fraction of sp³-hybridized carbons (Fsp3) is 0.231. The zero-order valence-corrected chi connectivity index (χ0v) is 12.1. The monoisotopic (exact) mass is 289 g/mol. The molecule has 0 atom stereocenters. The summed E-state index contributed by atoms with van der Waals surface area (Å²) in [7, 11) is 0. The van der Waals surface area contributed by atoms with Gasteiger partial charge in [0, 0.05) is 11.4 Å². The van der Waals surface area contributed by atoms with Crippen molar-refractivity contribution in [3.8, 4) is 0 Å². The highest BCUT2D eigenvalue weighted by atomic mass is 32.1. The summed E-state index contributed by atoms with van der Waals surface area (Å²) in [5, 5.41) is 14.9. The molecule has 20 heavy (non-hydrogen) atoms. The van der Waals surface area contributed by atoms with Crippen molar-refractivity contribution in [2.75, 3.05) is 5.43 Å². The maximum Gasteiger partial charge on any atom is 0.243 e. The highest BCUT2D eigenvalue weighted by Gasteiger charge is 2.04. The standard InChI is InChI=1S/C13H14N4O2S/c1-7-6-8(2)15-13(14-7)17-16-9(3)10-4-5-11(20-10)12(18)19/h4-6H,1-3H3,(H,18,19)(H,14,15,17)/p-1/b16-9-. The summed E-state index contributed by atoms with van der Waals surface area (Å²) in [5.74, 6) is -0.766. The molecule has 2 aromatic rings.